The molecule has 1 aliphatic carbocycles. The average molecular weight is 277 g/mol. The first kappa shape index (κ1) is 11.8. The predicted octanol–water partition coefficient (Wildman–Crippen LogP) is 4.79. The molecule has 0 unspecified atom stereocenters. The fourth-order valence-electron chi connectivity index (χ4n) is 2.31. The van der Waals surface area contributed by atoms with E-state index in [0.717, 1.165) is 28.7 Å². The van der Waals surface area contributed by atoms with Crippen molar-refractivity contribution < 1.29 is 4.79 Å². The molecule has 1 nitrogen and oxygen atoms in total. The third kappa shape index (κ3) is 1.94. The minimum atomic E-state index is 0.241. The van der Waals surface area contributed by atoms with Crippen LogP contribution in [-0.4, -0.2) is 5.78 Å². The second-order valence-corrected chi connectivity index (χ2v) is 5.24. The maximum absolute atomic E-state index is 11.6. The van der Waals surface area contributed by atoms with Gasteiger partial charge in [0.25, 0.3) is 0 Å². The van der Waals surface area contributed by atoms with Crippen LogP contribution in [0.1, 0.15) is 22.3 Å². The van der Waals surface area contributed by atoms with Crippen LogP contribution in [0, 0.1) is 0 Å². The molecule has 18 heavy (non-hydrogen) atoms. The second kappa shape index (κ2) is 4.42. The van der Waals surface area contributed by atoms with Gasteiger partial charge in [0.15, 0.2) is 5.78 Å². The molecular weight excluding hydrogens is 267 g/mol. The lowest BCUT2D eigenvalue weighted by atomic mass is 10.0. The first-order chi connectivity index (χ1) is 8.65. The zero-order valence-corrected chi connectivity index (χ0v) is 11.1. The molecule has 0 radical (unpaired) electrons. The summed E-state index contributed by atoms with van der Waals surface area (Å²) in [6, 6.07) is 11.5. The number of halogens is 2. The van der Waals surface area contributed by atoms with Crippen molar-refractivity contribution in [1.29, 1.82) is 0 Å². The van der Waals surface area contributed by atoms with Crippen LogP contribution in [0.2, 0.25) is 10.0 Å². The van der Waals surface area contributed by atoms with Gasteiger partial charge in [0.1, 0.15) is 0 Å². The molecule has 0 saturated heterocycles. The molecule has 0 N–H and O–H groups in total. The Morgan fingerprint density at radius 1 is 0.833 bits per heavy atom. The van der Waals surface area contributed by atoms with Gasteiger partial charge in [0, 0.05) is 12.0 Å². The van der Waals surface area contributed by atoms with Crippen molar-refractivity contribution in [3.63, 3.8) is 0 Å². The molecule has 0 spiro atoms. The highest BCUT2D eigenvalue weighted by atomic mass is 35.5. The van der Waals surface area contributed by atoms with E-state index in [1.54, 1.807) is 6.07 Å². The molecule has 0 atom stereocenters. The second-order valence-electron chi connectivity index (χ2n) is 4.42. The summed E-state index contributed by atoms with van der Waals surface area (Å²) in [5.41, 5.74) is 4.08. The van der Waals surface area contributed by atoms with Crippen molar-refractivity contribution in [2.24, 2.45) is 0 Å². The van der Waals surface area contributed by atoms with Crippen molar-refractivity contribution in [2.75, 3.05) is 0 Å². The maximum atomic E-state index is 11.6. The third-order valence-corrected chi connectivity index (χ3v) is 4.02. The molecule has 3 heteroatoms. The van der Waals surface area contributed by atoms with E-state index in [0.29, 0.717) is 16.5 Å². The number of rotatable bonds is 1. The average Bonchev–Trinajstić information content (AvgIpc) is 2.74. The minimum absolute atomic E-state index is 0.241. The smallest absolute Gasteiger partial charge is 0.163 e. The molecular formula is C15H10Cl2O. The lowest BCUT2D eigenvalue weighted by molar-refractivity contribution is 0.0994. The number of benzene rings is 2. The molecule has 0 bridgehead atoms. The normalized spacial score (nSPS) is 13.8. The summed E-state index contributed by atoms with van der Waals surface area (Å²) in [4.78, 5) is 11.6. The van der Waals surface area contributed by atoms with Crippen molar-refractivity contribution in [2.45, 2.75) is 12.8 Å². The Hall–Kier alpha value is -1.31. The Morgan fingerprint density at radius 2 is 1.56 bits per heavy atom. The van der Waals surface area contributed by atoms with Gasteiger partial charge in [-0.05, 0) is 35.2 Å². The number of fused-ring (bicyclic) bond motifs is 1. The van der Waals surface area contributed by atoms with E-state index < -0.39 is 0 Å². The molecule has 0 fully saturated rings. The van der Waals surface area contributed by atoms with Crippen LogP contribution in [0.15, 0.2) is 36.4 Å². The summed E-state index contributed by atoms with van der Waals surface area (Å²) >= 11 is 11.9. The molecule has 0 amide bonds. The van der Waals surface area contributed by atoms with Crippen molar-refractivity contribution in [1.82, 2.24) is 0 Å². The first-order valence-electron chi connectivity index (χ1n) is 5.77. The van der Waals surface area contributed by atoms with Gasteiger partial charge < -0.3 is 0 Å². The van der Waals surface area contributed by atoms with Crippen LogP contribution in [-0.2, 0) is 6.42 Å². The zero-order chi connectivity index (χ0) is 12.7. The van der Waals surface area contributed by atoms with E-state index in [1.165, 1.54) is 0 Å². The highest BCUT2D eigenvalue weighted by Gasteiger charge is 2.19. The molecule has 0 aliphatic heterocycles. The summed E-state index contributed by atoms with van der Waals surface area (Å²) in [6.07, 6.45) is 1.46. The fraction of sp³-hybridized carbons (Fsp3) is 0.133. The van der Waals surface area contributed by atoms with Crippen LogP contribution in [0.3, 0.4) is 0 Å². The van der Waals surface area contributed by atoms with E-state index in [9.17, 15) is 4.79 Å². The van der Waals surface area contributed by atoms with E-state index in [4.69, 9.17) is 23.2 Å². The topological polar surface area (TPSA) is 17.1 Å². The van der Waals surface area contributed by atoms with Crippen LogP contribution in [0.4, 0.5) is 0 Å². The number of hydrogen-bond acceptors (Lipinski definition) is 1. The lowest BCUT2D eigenvalue weighted by Crippen LogP contribution is -1.90. The van der Waals surface area contributed by atoms with Gasteiger partial charge in [-0.2, -0.15) is 0 Å². The van der Waals surface area contributed by atoms with Gasteiger partial charge in [-0.25, -0.2) is 0 Å². The molecule has 90 valence electrons. The van der Waals surface area contributed by atoms with E-state index in [1.807, 2.05) is 24.3 Å². The van der Waals surface area contributed by atoms with Gasteiger partial charge in [-0.3, -0.25) is 4.79 Å². The lowest BCUT2D eigenvalue weighted by Gasteiger charge is -2.06. The Balaban J connectivity index is 2.07. The summed E-state index contributed by atoms with van der Waals surface area (Å²) in [5, 5.41) is 1.10. The van der Waals surface area contributed by atoms with Crippen LogP contribution >= 0.6 is 23.2 Å². The number of carbonyl (C=O) groups excluding carboxylic acids is 1. The Morgan fingerprint density at radius 3 is 2.33 bits per heavy atom. The maximum Gasteiger partial charge on any atom is 0.163 e. The van der Waals surface area contributed by atoms with Gasteiger partial charge in [-0.15, -0.1) is 0 Å². The summed E-state index contributed by atoms with van der Waals surface area (Å²) in [5.74, 6) is 0.241. The number of aryl methyl sites for hydroxylation is 1. The van der Waals surface area contributed by atoms with Crippen molar-refractivity contribution in [3.8, 4) is 11.1 Å². The molecule has 2 aromatic rings. The summed E-state index contributed by atoms with van der Waals surface area (Å²) in [6.45, 7) is 0. The molecule has 0 heterocycles. The minimum Gasteiger partial charge on any atom is -0.294 e. The van der Waals surface area contributed by atoms with Crippen molar-refractivity contribution >= 4 is 29.0 Å². The predicted molar refractivity (Wildman–Crippen MR) is 74.5 cm³/mol. The highest BCUT2D eigenvalue weighted by molar-refractivity contribution is 6.42. The van der Waals surface area contributed by atoms with E-state index in [2.05, 4.69) is 6.07 Å². The Bertz CT molecular complexity index is 647. The Labute approximate surface area is 115 Å². The largest absolute Gasteiger partial charge is 0.294 e. The molecule has 1 aliphatic rings. The van der Waals surface area contributed by atoms with E-state index in [-0.39, 0.29) is 5.78 Å². The fourth-order valence-corrected chi connectivity index (χ4v) is 2.61. The monoisotopic (exact) mass is 276 g/mol. The van der Waals surface area contributed by atoms with Gasteiger partial charge in [-0.1, -0.05) is 47.5 Å². The van der Waals surface area contributed by atoms with Gasteiger partial charge in [0.05, 0.1) is 10.0 Å². The number of carbonyl (C=O) groups is 1. The summed E-state index contributed by atoms with van der Waals surface area (Å²) < 4.78 is 0. The van der Waals surface area contributed by atoms with Crippen molar-refractivity contribution in [3.05, 3.63) is 57.6 Å². The zero-order valence-electron chi connectivity index (χ0n) is 9.54. The first-order valence-corrected chi connectivity index (χ1v) is 6.52. The third-order valence-electron chi connectivity index (χ3n) is 3.28. The van der Waals surface area contributed by atoms with Crippen LogP contribution in [0.5, 0.6) is 0 Å². The van der Waals surface area contributed by atoms with Gasteiger partial charge in [0.2, 0.25) is 0 Å². The molecule has 0 aromatic heterocycles. The molecule has 2 aromatic carbocycles. The SMILES string of the molecule is O=C1CCc2cc(-c3ccc(Cl)c(Cl)c3)ccc21. The quantitative estimate of drug-likeness (QED) is 0.732. The Kier molecular flexibility index (Phi) is 2.89. The molecule has 3 rings (SSSR count). The summed E-state index contributed by atoms with van der Waals surface area (Å²) in [7, 11) is 0. The van der Waals surface area contributed by atoms with Crippen LogP contribution < -0.4 is 0 Å². The van der Waals surface area contributed by atoms with E-state index >= 15 is 0 Å². The van der Waals surface area contributed by atoms with Crippen LogP contribution in [0.25, 0.3) is 11.1 Å². The highest BCUT2D eigenvalue weighted by Crippen LogP contribution is 2.31. The molecule has 0 saturated carbocycles. The number of hydrogen-bond donors (Lipinski definition) is 0. The number of ketones is 1. The van der Waals surface area contributed by atoms with Gasteiger partial charge >= 0.3 is 0 Å². The standard InChI is InChI=1S/C15H10Cl2O/c16-13-5-2-10(8-14(13)17)9-1-4-12-11(7-9)3-6-15(12)18/h1-2,4-5,7-8H,3,6H2. The number of Topliss-reactive ketones (excluding diaryl/α,β-unsaturated/α-hetero) is 1.